The van der Waals surface area contributed by atoms with Crippen LogP contribution in [0.1, 0.15) is 26.3 Å². The minimum atomic E-state index is 0.166. The van der Waals surface area contributed by atoms with E-state index in [0.717, 1.165) is 15.5 Å². The van der Waals surface area contributed by atoms with Crippen LogP contribution in [-0.4, -0.2) is 5.21 Å². The lowest BCUT2D eigenvalue weighted by atomic mass is 9.86. The summed E-state index contributed by atoms with van der Waals surface area (Å²) in [7, 11) is 0. The fourth-order valence-corrected chi connectivity index (χ4v) is 1.65. The molecule has 0 amide bonds. The second-order valence-corrected chi connectivity index (χ2v) is 4.92. The highest BCUT2D eigenvalue weighted by Crippen LogP contribution is 2.25. The Morgan fingerprint density at radius 3 is 2.47 bits per heavy atom. The van der Waals surface area contributed by atoms with Crippen molar-refractivity contribution in [3.63, 3.8) is 0 Å². The fraction of sp³-hybridized carbons (Fsp3) is 0.308. The second kappa shape index (κ2) is 3.23. The Labute approximate surface area is 89.8 Å². The molecule has 0 atom stereocenters. The topological polar surface area (TPSA) is 24.1 Å². The highest BCUT2D eigenvalue weighted by Gasteiger charge is 2.14. The predicted octanol–water partition coefficient (Wildman–Crippen LogP) is 2.66. The fourth-order valence-electron chi connectivity index (χ4n) is 1.65. The average molecular weight is 202 g/mol. The number of pyridine rings is 1. The van der Waals surface area contributed by atoms with Crippen molar-refractivity contribution in [1.29, 1.82) is 0 Å². The van der Waals surface area contributed by atoms with Gasteiger partial charge in [0, 0.05) is 10.8 Å². The lowest BCUT2D eigenvalue weighted by Gasteiger charge is -2.19. The molecule has 2 nitrogen and oxygen atoms in total. The van der Waals surface area contributed by atoms with E-state index in [-0.39, 0.29) is 5.41 Å². The van der Waals surface area contributed by atoms with Gasteiger partial charge in [-0.15, -0.1) is 0 Å². The normalized spacial score (nSPS) is 11.9. The third kappa shape index (κ3) is 1.94. The van der Waals surface area contributed by atoms with Crippen molar-refractivity contribution in [3.8, 4) is 0 Å². The van der Waals surface area contributed by atoms with Crippen LogP contribution in [0.15, 0.2) is 36.7 Å². The monoisotopic (exact) mass is 202 g/mol. The molecule has 1 heterocycles. The summed E-state index contributed by atoms with van der Waals surface area (Å²) < 4.78 is 1.08. The van der Waals surface area contributed by atoms with E-state index in [0.29, 0.717) is 0 Å². The number of fused-ring (bicyclic) bond motifs is 1. The van der Waals surface area contributed by atoms with E-state index in [9.17, 15) is 5.21 Å². The molecule has 1 N–H and O–H groups in total. The van der Waals surface area contributed by atoms with Crippen LogP contribution >= 0.6 is 0 Å². The van der Waals surface area contributed by atoms with E-state index in [2.05, 4.69) is 32.9 Å². The molecular formula is C13H16NO+. The molecule has 0 saturated carbocycles. The maximum absolute atomic E-state index is 9.28. The van der Waals surface area contributed by atoms with E-state index >= 15 is 0 Å². The number of benzene rings is 1. The van der Waals surface area contributed by atoms with Crippen molar-refractivity contribution in [2.75, 3.05) is 0 Å². The molecule has 2 aromatic rings. The Morgan fingerprint density at radius 2 is 1.80 bits per heavy atom. The zero-order valence-electron chi connectivity index (χ0n) is 9.36. The van der Waals surface area contributed by atoms with E-state index in [1.807, 2.05) is 12.1 Å². The summed E-state index contributed by atoms with van der Waals surface area (Å²) in [6.45, 7) is 6.59. The maximum atomic E-state index is 9.28. The van der Waals surface area contributed by atoms with Gasteiger partial charge >= 0.3 is 0 Å². The molecule has 0 aliphatic carbocycles. The highest BCUT2D eigenvalue weighted by atomic mass is 16.5. The second-order valence-electron chi connectivity index (χ2n) is 4.92. The molecule has 0 saturated heterocycles. The van der Waals surface area contributed by atoms with Gasteiger partial charge in [-0.05, 0) is 22.4 Å². The molecule has 0 radical (unpaired) electrons. The van der Waals surface area contributed by atoms with E-state index < -0.39 is 0 Å². The van der Waals surface area contributed by atoms with Gasteiger partial charge in [0.15, 0.2) is 0 Å². The van der Waals surface area contributed by atoms with E-state index in [1.54, 1.807) is 12.4 Å². The van der Waals surface area contributed by atoms with E-state index in [4.69, 9.17) is 0 Å². The van der Waals surface area contributed by atoms with Gasteiger partial charge in [0.05, 0.1) is 5.39 Å². The zero-order valence-corrected chi connectivity index (χ0v) is 9.36. The van der Waals surface area contributed by atoms with Crippen LogP contribution < -0.4 is 4.73 Å². The molecule has 0 spiro atoms. The minimum Gasteiger partial charge on any atom is -0.285 e. The Morgan fingerprint density at radius 1 is 1.07 bits per heavy atom. The smallest absolute Gasteiger partial charge is 0.230 e. The van der Waals surface area contributed by atoms with Crippen LogP contribution in [0.2, 0.25) is 0 Å². The Balaban J connectivity index is 2.62. The molecule has 0 aliphatic rings. The van der Waals surface area contributed by atoms with Crippen LogP contribution in [-0.2, 0) is 5.41 Å². The van der Waals surface area contributed by atoms with Crippen LogP contribution in [0.5, 0.6) is 0 Å². The lowest BCUT2D eigenvalue weighted by Crippen LogP contribution is -2.27. The van der Waals surface area contributed by atoms with Gasteiger partial charge < -0.3 is 0 Å². The quantitative estimate of drug-likeness (QED) is 0.515. The standard InChI is InChI=1S/C13H16NO/c1-13(2,3)12-5-4-11-9-14(15)7-6-10(11)8-12/h4-9,15H,1-3H3/q+1. The number of hydrogen-bond acceptors (Lipinski definition) is 1. The number of nitrogens with zero attached hydrogens (tertiary/aromatic N) is 1. The average Bonchev–Trinajstić information content (AvgIpc) is 2.15. The predicted molar refractivity (Wildman–Crippen MR) is 60.0 cm³/mol. The molecule has 78 valence electrons. The van der Waals surface area contributed by atoms with Gasteiger partial charge in [-0.25, -0.2) is 0 Å². The van der Waals surface area contributed by atoms with Gasteiger partial charge in [-0.3, -0.25) is 5.21 Å². The van der Waals surface area contributed by atoms with E-state index in [1.165, 1.54) is 5.56 Å². The Hall–Kier alpha value is -1.57. The first-order chi connectivity index (χ1) is 6.97. The summed E-state index contributed by atoms with van der Waals surface area (Å²) in [5, 5.41) is 11.5. The first kappa shape index (κ1) is 9.97. The molecule has 15 heavy (non-hydrogen) atoms. The van der Waals surface area contributed by atoms with Gasteiger partial charge in [0.25, 0.3) is 0 Å². The summed E-state index contributed by atoms with van der Waals surface area (Å²) in [5.74, 6) is 0. The summed E-state index contributed by atoms with van der Waals surface area (Å²) in [4.78, 5) is 0. The molecule has 1 aromatic heterocycles. The van der Waals surface area contributed by atoms with Gasteiger partial charge in [-0.2, -0.15) is 0 Å². The summed E-state index contributed by atoms with van der Waals surface area (Å²) in [5.41, 5.74) is 1.48. The largest absolute Gasteiger partial charge is 0.285 e. The van der Waals surface area contributed by atoms with Crippen LogP contribution in [0, 0.1) is 0 Å². The highest BCUT2D eigenvalue weighted by molar-refractivity contribution is 5.81. The van der Waals surface area contributed by atoms with Gasteiger partial charge in [0.2, 0.25) is 12.4 Å². The molecule has 1 aromatic carbocycles. The molecule has 2 rings (SSSR count). The SMILES string of the molecule is CC(C)(C)c1ccc2c[n+](O)ccc2c1. The third-order valence-electron chi connectivity index (χ3n) is 2.63. The summed E-state index contributed by atoms with van der Waals surface area (Å²) in [6.07, 6.45) is 3.36. The zero-order chi connectivity index (χ0) is 11.1. The lowest BCUT2D eigenvalue weighted by molar-refractivity contribution is -0.903. The molecular weight excluding hydrogens is 186 g/mol. The van der Waals surface area contributed by atoms with Crippen molar-refractivity contribution in [3.05, 3.63) is 42.2 Å². The third-order valence-corrected chi connectivity index (χ3v) is 2.63. The Kier molecular flexibility index (Phi) is 2.14. The molecule has 0 unspecified atom stereocenters. The first-order valence-corrected chi connectivity index (χ1v) is 5.12. The first-order valence-electron chi connectivity index (χ1n) is 5.12. The van der Waals surface area contributed by atoms with Crippen molar-refractivity contribution in [1.82, 2.24) is 0 Å². The van der Waals surface area contributed by atoms with Crippen molar-refractivity contribution >= 4 is 10.8 Å². The summed E-state index contributed by atoms with van der Waals surface area (Å²) in [6, 6.07) is 8.25. The van der Waals surface area contributed by atoms with Crippen LogP contribution in [0.4, 0.5) is 0 Å². The summed E-state index contributed by atoms with van der Waals surface area (Å²) >= 11 is 0. The molecule has 2 heteroatoms. The number of hydrogen-bond donors (Lipinski definition) is 1. The number of aromatic nitrogens is 1. The Bertz CT molecular complexity index is 497. The van der Waals surface area contributed by atoms with Crippen molar-refractivity contribution < 1.29 is 9.94 Å². The molecule has 0 fully saturated rings. The van der Waals surface area contributed by atoms with Crippen molar-refractivity contribution in [2.45, 2.75) is 26.2 Å². The molecule has 0 aliphatic heterocycles. The number of rotatable bonds is 0. The molecule has 0 bridgehead atoms. The maximum Gasteiger partial charge on any atom is 0.230 e. The van der Waals surface area contributed by atoms with Crippen LogP contribution in [0.25, 0.3) is 10.8 Å². The van der Waals surface area contributed by atoms with Gasteiger partial charge in [0.1, 0.15) is 0 Å². The van der Waals surface area contributed by atoms with Gasteiger partial charge in [-0.1, -0.05) is 32.9 Å². The minimum absolute atomic E-state index is 0.166. The van der Waals surface area contributed by atoms with Crippen molar-refractivity contribution in [2.24, 2.45) is 0 Å². The van der Waals surface area contributed by atoms with Crippen LogP contribution in [0.3, 0.4) is 0 Å².